The molecule has 3 heteroatoms. The smallest absolute Gasteiger partial charge is 0.224 e. The highest BCUT2D eigenvalue weighted by atomic mass is 19.1. The van der Waals surface area contributed by atoms with Gasteiger partial charge in [-0.1, -0.05) is 109 Å². The number of benzene rings is 1. The number of unbranched alkanes of at least 4 members (excludes halogenated alkanes) is 9. The van der Waals surface area contributed by atoms with Crippen molar-refractivity contribution in [3.05, 3.63) is 47.9 Å². The van der Waals surface area contributed by atoms with Crippen LogP contribution in [-0.4, -0.2) is 11.6 Å². The van der Waals surface area contributed by atoms with E-state index in [0.717, 1.165) is 17.9 Å². The molecule has 0 bridgehead atoms. The molecule has 1 aromatic heterocycles. The van der Waals surface area contributed by atoms with Gasteiger partial charge in [-0.25, -0.2) is 0 Å². The molecule has 0 radical (unpaired) electrons. The Labute approximate surface area is 214 Å². The first kappa shape index (κ1) is 27.7. The molecule has 0 aliphatic heterocycles. The Bertz CT molecular complexity index is 826. The van der Waals surface area contributed by atoms with Crippen molar-refractivity contribution in [1.29, 1.82) is 0 Å². The highest BCUT2D eigenvalue weighted by Gasteiger charge is 2.22. The van der Waals surface area contributed by atoms with Crippen molar-refractivity contribution >= 4 is 0 Å². The van der Waals surface area contributed by atoms with Crippen molar-refractivity contribution in [2.45, 2.75) is 122 Å². The van der Waals surface area contributed by atoms with Crippen LogP contribution in [0.5, 0.6) is 5.88 Å². The summed E-state index contributed by atoms with van der Waals surface area (Å²) in [4.78, 5) is 4.08. The molecule has 1 saturated carbocycles. The van der Waals surface area contributed by atoms with E-state index in [1.807, 2.05) is 6.07 Å². The van der Waals surface area contributed by atoms with Gasteiger partial charge in [0, 0.05) is 11.6 Å². The minimum absolute atomic E-state index is 0.390. The van der Waals surface area contributed by atoms with E-state index < -0.39 is 5.95 Å². The van der Waals surface area contributed by atoms with Gasteiger partial charge in [0.15, 0.2) is 0 Å². The maximum absolute atomic E-state index is 14.7. The van der Waals surface area contributed by atoms with Crippen molar-refractivity contribution in [3.8, 4) is 17.0 Å². The first-order chi connectivity index (χ1) is 17.2. The number of rotatable bonds is 16. The van der Waals surface area contributed by atoms with E-state index in [-0.39, 0.29) is 0 Å². The van der Waals surface area contributed by atoms with Crippen LogP contribution in [0.25, 0.3) is 11.1 Å². The second kappa shape index (κ2) is 16.0. The summed E-state index contributed by atoms with van der Waals surface area (Å²) in [5, 5.41) is 0. The molecule has 1 fully saturated rings. The Hall–Kier alpha value is -1.90. The minimum atomic E-state index is -0.446. The third kappa shape index (κ3) is 9.58. The summed E-state index contributed by atoms with van der Waals surface area (Å²) in [6.45, 7) is 5.14. The van der Waals surface area contributed by atoms with Crippen LogP contribution >= 0.6 is 0 Å². The molecule has 1 aliphatic carbocycles. The van der Waals surface area contributed by atoms with Crippen LogP contribution in [-0.2, 0) is 0 Å². The molecule has 1 heterocycles. The van der Waals surface area contributed by atoms with Crippen molar-refractivity contribution in [3.63, 3.8) is 0 Å². The van der Waals surface area contributed by atoms with E-state index >= 15 is 0 Å². The molecular formula is C32H48FNO. The van der Waals surface area contributed by atoms with Crippen molar-refractivity contribution in [2.75, 3.05) is 6.61 Å². The van der Waals surface area contributed by atoms with E-state index in [1.165, 1.54) is 102 Å². The van der Waals surface area contributed by atoms with E-state index in [1.54, 1.807) is 6.07 Å². The fraction of sp³-hybridized carbons (Fsp3) is 0.656. The summed E-state index contributed by atoms with van der Waals surface area (Å²) in [6, 6.07) is 12.1. The molecule has 194 valence electrons. The van der Waals surface area contributed by atoms with E-state index in [9.17, 15) is 4.39 Å². The zero-order chi connectivity index (χ0) is 24.7. The summed E-state index contributed by atoms with van der Waals surface area (Å²) in [5.74, 6) is 1.52. The highest BCUT2D eigenvalue weighted by Crippen LogP contribution is 2.38. The lowest BCUT2D eigenvalue weighted by atomic mass is 9.77. The Kier molecular flexibility index (Phi) is 12.6. The fourth-order valence-electron chi connectivity index (χ4n) is 5.53. The predicted molar refractivity (Wildman–Crippen MR) is 147 cm³/mol. The van der Waals surface area contributed by atoms with Crippen LogP contribution in [0.1, 0.15) is 128 Å². The van der Waals surface area contributed by atoms with Gasteiger partial charge < -0.3 is 4.74 Å². The Balaban J connectivity index is 1.41. The Morgan fingerprint density at radius 3 is 2.03 bits per heavy atom. The number of aromatic nitrogens is 1. The largest absolute Gasteiger partial charge is 0.478 e. The molecule has 0 atom stereocenters. The van der Waals surface area contributed by atoms with Gasteiger partial charge in [0.1, 0.15) is 0 Å². The zero-order valence-corrected chi connectivity index (χ0v) is 22.4. The third-order valence-corrected chi connectivity index (χ3v) is 7.83. The lowest BCUT2D eigenvalue weighted by Gasteiger charge is -2.29. The van der Waals surface area contributed by atoms with Crippen LogP contribution in [0, 0.1) is 11.9 Å². The minimum Gasteiger partial charge on any atom is -0.478 e. The average Bonchev–Trinajstić information content (AvgIpc) is 2.89. The Morgan fingerprint density at radius 1 is 0.743 bits per heavy atom. The molecular weight excluding hydrogens is 433 g/mol. The third-order valence-electron chi connectivity index (χ3n) is 7.83. The number of pyridine rings is 1. The molecule has 2 nitrogen and oxygen atoms in total. The molecule has 0 unspecified atom stereocenters. The van der Waals surface area contributed by atoms with Gasteiger partial charge in [-0.2, -0.15) is 9.37 Å². The monoisotopic (exact) mass is 481 g/mol. The normalized spacial score (nSPS) is 18.0. The summed E-state index contributed by atoms with van der Waals surface area (Å²) in [7, 11) is 0. The lowest BCUT2D eigenvalue weighted by Crippen LogP contribution is -2.13. The number of hydrogen-bond donors (Lipinski definition) is 0. The summed E-state index contributed by atoms with van der Waals surface area (Å²) in [5.41, 5.74) is 2.84. The molecule has 2 aromatic rings. The van der Waals surface area contributed by atoms with Crippen LogP contribution < -0.4 is 4.74 Å². The quantitative estimate of drug-likeness (QED) is 0.176. The predicted octanol–water partition coefficient (Wildman–Crippen LogP) is 10.3. The number of ether oxygens (including phenoxy) is 1. The second-order valence-electron chi connectivity index (χ2n) is 10.6. The van der Waals surface area contributed by atoms with Crippen molar-refractivity contribution in [1.82, 2.24) is 4.98 Å². The van der Waals surface area contributed by atoms with Gasteiger partial charge in [0.2, 0.25) is 11.8 Å². The maximum Gasteiger partial charge on any atom is 0.224 e. The van der Waals surface area contributed by atoms with Crippen LogP contribution in [0.4, 0.5) is 4.39 Å². The van der Waals surface area contributed by atoms with Crippen LogP contribution in [0.3, 0.4) is 0 Å². The van der Waals surface area contributed by atoms with Crippen molar-refractivity contribution in [2.24, 2.45) is 5.92 Å². The van der Waals surface area contributed by atoms with Crippen LogP contribution in [0.15, 0.2) is 36.4 Å². The van der Waals surface area contributed by atoms with Gasteiger partial charge in [-0.15, -0.1) is 0 Å². The SMILES string of the molecule is CCCCCCCCCCOc1ccc(-c2ccc([C@H]3CC[C@H](CCCCC)CC3)cc2)c(F)n1. The molecule has 1 aliphatic rings. The summed E-state index contributed by atoms with van der Waals surface area (Å²) in [6.07, 6.45) is 20.8. The van der Waals surface area contributed by atoms with Gasteiger partial charge in [-0.05, 0) is 61.1 Å². The number of nitrogens with zero attached hydrogens (tertiary/aromatic N) is 1. The highest BCUT2D eigenvalue weighted by molar-refractivity contribution is 5.63. The van der Waals surface area contributed by atoms with Gasteiger partial charge in [0.25, 0.3) is 0 Å². The van der Waals surface area contributed by atoms with E-state index in [0.29, 0.717) is 24.0 Å². The topological polar surface area (TPSA) is 22.1 Å². The summed E-state index contributed by atoms with van der Waals surface area (Å²) < 4.78 is 20.5. The molecule has 0 amide bonds. The van der Waals surface area contributed by atoms with Crippen molar-refractivity contribution < 1.29 is 9.13 Å². The first-order valence-electron chi connectivity index (χ1n) is 14.6. The standard InChI is InChI=1S/C32H48FNO/c1-3-5-7-8-9-10-11-13-25-35-31-24-23-30(32(33)34-31)29-21-19-28(20-22-29)27-17-15-26(16-18-27)14-12-6-4-2/h19-24,26-27H,3-18,25H2,1-2H3/t26-,27-. The van der Waals surface area contributed by atoms with Crippen LogP contribution in [0.2, 0.25) is 0 Å². The van der Waals surface area contributed by atoms with E-state index in [4.69, 9.17) is 4.74 Å². The Morgan fingerprint density at radius 2 is 1.37 bits per heavy atom. The summed E-state index contributed by atoms with van der Waals surface area (Å²) >= 11 is 0. The van der Waals surface area contributed by atoms with Gasteiger partial charge >= 0.3 is 0 Å². The zero-order valence-electron chi connectivity index (χ0n) is 22.4. The molecule has 3 rings (SSSR count). The maximum atomic E-state index is 14.7. The molecule has 0 N–H and O–H groups in total. The molecule has 35 heavy (non-hydrogen) atoms. The van der Waals surface area contributed by atoms with E-state index in [2.05, 4.69) is 43.1 Å². The average molecular weight is 482 g/mol. The molecule has 0 saturated heterocycles. The second-order valence-corrected chi connectivity index (χ2v) is 10.6. The number of hydrogen-bond acceptors (Lipinski definition) is 2. The molecule has 0 spiro atoms. The number of halogens is 1. The lowest BCUT2D eigenvalue weighted by molar-refractivity contribution is 0.289. The molecule has 1 aromatic carbocycles. The van der Waals surface area contributed by atoms with Gasteiger partial charge in [-0.3, -0.25) is 0 Å². The first-order valence-corrected chi connectivity index (χ1v) is 14.6. The fourth-order valence-corrected chi connectivity index (χ4v) is 5.53. The van der Waals surface area contributed by atoms with Gasteiger partial charge in [0.05, 0.1) is 6.61 Å².